The van der Waals surface area contributed by atoms with Crippen LogP contribution in [-0.4, -0.2) is 30.1 Å². The lowest BCUT2D eigenvalue weighted by atomic mass is 9.97. The summed E-state index contributed by atoms with van der Waals surface area (Å²) in [5.74, 6) is 0.764. The SMILES string of the molecule is CCC1CN(Cc2cccc(C)c2)C(CC(C)C)CN1. The summed E-state index contributed by atoms with van der Waals surface area (Å²) < 4.78 is 0. The molecule has 1 fully saturated rings. The molecule has 0 bridgehead atoms. The summed E-state index contributed by atoms with van der Waals surface area (Å²) in [6.45, 7) is 12.5. The van der Waals surface area contributed by atoms with Gasteiger partial charge in [-0.05, 0) is 31.2 Å². The second-order valence-corrected chi connectivity index (χ2v) is 6.72. The van der Waals surface area contributed by atoms with Gasteiger partial charge in [0.15, 0.2) is 0 Å². The molecule has 1 aromatic carbocycles. The minimum atomic E-state index is 0.656. The summed E-state index contributed by atoms with van der Waals surface area (Å²) in [5.41, 5.74) is 2.82. The normalized spacial score (nSPS) is 24.2. The second-order valence-electron chi connectivity index (χ2n) is 6.72. The number of nitrogens with zero attached hydrogens (tertiary/aromatic N) is 1. The van der Waals surface area contributed by atoms with Gasteiger partial charge in [0.25, 0.3) is 0 Å². The van der Waals surface area contributed by atoms with E-state index in [-0.39, 0.29) is 0 Å². The zero-order valence-electron chi connectivity index (χ0n) is 13.5. The topological polar surface area (TPSA) is 15.3 Å². The van der Waals surface area contributed by atoms with Crippen molar-refractivity contribution in [3.63, 3.8) is 0 Å². The molecule has 0 spiro atoms. The van der Waals surface area contributed by atoms with E-state index in [0.717, 1.165) is 19.0 Å². The van der Waals surface area contributed by atoms with Crippen LogP contribution in [0.5, 0.6) is 0 Å². The third-order valence-electron chi connectivity index (χ3n) is 4.32. The maximum Gasteiger partial charge on any atom is 0.0237 e. The molecule has 0 saturated carbocycles. The molecule has 1 N–H and O–H groups in total. The van der Waals surface area contributed by atoms with Crippen LogP contribution in [0.4, 0.5) is 0 Å². The average molecular weight is 274 g/mol. The van der Waals surface area contributed by atoms with Crippen LogP contribution in [-0.2, 0) is 6.54 Å². The molecule has 1 aromatic rings. The molecule has 0 aliphatic carbocycles. The zero-order valence-corrected chi connectivity index (χ0v) is 13.5. The van der Waals surface area contributed by atoms with Crippen molar-refractivity contribution < 1.29 is 0 Å². The lowest BCUT2D eigenvalue weighted by Gasteiger charge is -2.41. The van der Waals surface area contributed by atoms with Crippen molar-refractivity contribution in [1.82, 2.24) is 10.2 Å². The van der Waals surface area contributed by atoms with Gasteiger partial charge in [-0.1, -0.05) is 50.6 Å². The minimum absolute atomic E-state index is 0.656. The molecular formula is C18H30N2. The lowest BCUT2D eigenvalue weighted by Crippen LogP contribution is -2.56. The first-order valence-corrected chi connectivity index (χ1v) is 8.11. The smallest absolute Gasteiger partial charge is 0.0237 e. The first-order valence-electron chi connectivity index (χ1n) is 8.11. The van der Waals surface area contributed by atoms with Crippen LogP contribution < -0.4 is 5.32 Å². The number of piperazine rings is 1. The molecule has 2 atom stereocenters. The van der Waals surface area contributed by atoms with Gasteiger partial charge in [-0.3, -0.25) is 4.90 Å². The van der Waals surface area contributed by atoms with Crippen molar-refractivity contribution in [1.29, 1.82) is 0 Å². The monoisotopic (exact) mass is 274 g/mol. The Bertz CT molecular complexity index is 414. The maximum atomic E-state index is 3.71. The third kappa shape index (κ3) is 4.32. The molecule has 2 heteroatoms. The van der Waals surface area contributed by atoms with Gasteiger partial charge in [0, 0.05) is 31.7 Å². The molecule has 0 amide bonds. The Morgan fingerprint density at radius 3 is 2.80 bits per heavy atom. The lowest BCUT2D eigenvalue weighted by molar-refractivity contribution is 0.105. The Morgan fingerprint density at radius 2 is 2.15 bits per heavy atom. The van der Waals surface area contributed by atoms with Gasteiger partial charge in [-0.25, -0.2) is 0 Å². The summed E-state index contributed by atoms with van der Waals surface area (Å²) in [6.07, 6.45) is 2.51. The fourth-order valence-corrected chi connectivity index (χ4v) is 3.22. The van der Waals surface area contributed by atoms with E-state index in [2.05, 4.69) is 62.2 Å². The first-order chi connectivity index (χ1) is 9.58. The summed E-state index contributed by atoms with van der Waals surface area (Å²) >= 11 is 0. The Hall–Kier alpha value is -0.860. The van der Waals surface area contributed by atoms with Crippen molar-refractivity contribution >= 4 is 0 Å². The summed E-state index contributed by atoms with van der Waals surface area (Å²) in [5, 5.41) is 3.71. The van der Waals surface area contributed by atoms with Crippen LogP contribution in [0.2, 0.25) is 0 Å². The second kappa shape index (κ2) is 7.24. The van der Waals surface area contributed by atoms with E-state index in [1.165, 1.54) is 30.5 Å². The largest absolute Gasteiger partial charge is 0.311 e. The molecule has 1 aliphatic rings. The van der Waals surface area contributed by atoms with E-state index >= 15 is 0 Å². The van der Waals surface area contributed by atoms with E-state index in [0.29, 0.717) is 12.1 Å². The van der Waals surface area contributed by atoms with Gasteiger partial charge in [-0.2, -0.15) is 0 Å². The Kier molecular flexibility index (Phi) is 5.62. The van der Waals surface area contributed by atoms with Crippen molar-refractivity contribution in [3.8, 4) is 0 Å². The first kappa shape index (κ1) is 15.5. The van der Waals surface area contributed by atoms with Gasteiger partial charge in [0.05, 0.1) is 0 Å². The molecule has 20 heavy (non-hydrogen) atoms. The van der Waals surface area contributed by atoms with E-state index in [4.69, 9.17) is 0 Å². The number of aryl methyl sites for hydroxylation is 1. The van der Waals surface area contributed by atoms with Crippen LogP contribution in [0.1, 0.15) is 44.7 Å². The van der Waals surface area contributed by atoms with Crippen LogP contribution >= 0.6 is 0 Å². The van der Waals surface area contributed by atoms with E-state index in [1.807, 2.05) is 0 Å². The highest BCUT2D eigenvalue weighted by Gasteiger charge is 2.27. The highest BCUT2D eigenvalue weighted by atomic mass is 15.2. The fraction of sp³-hybridized carbons (Fsp3) is 0.667. The van der Waals surface area contributed by atoms with E-state index in [9.17, 15) is 0 Å². The Labute approximate surface area is 124 Å². The van der Waals surface area contributed by atoms with Crippen molar-refractivity contribution in [2.75, 3.05) is 13.1 Å². The van der Waals surface area contributed by atoms with Crippen LogP contribution in [0.15, 0.2) is 24.3 Å². The minimum Gasteiger partial charge on any atom is -0.311 e. The molecule has 1 saturated heterocycles. The highest BCUT2D eigenvalue weighted by molar-refractivity contribution is 5.22. The predicted molar refractivity (Wildman–Crippen MR) is 86.9 cm³/mol. The number of benzene rings is 1. The van der Waals surface area contributed by atoms with E-state index in [1.54, 1.807) is 0 Å². The standard InChI is InChI=1S/C18H30N2/c1-5-17-13-20(18(11-19-17)9-14(2)3)12-16-8-6-7-15(4)10-16/h6-8,10,14,17-19H,5,9,11-13H2,1-4H3. The molecule has 1 heterocycles. The Balaban J connectivity index is 2.06. The van der Waals surface area contributed by atoms with Gasteiger partial charge in [0.2, 0.25) is 0 Å². The molecule has 112 valence electrons. The summed E-state index contributed by atoms with van der Waals surface area (Å²) in [7, 11) is 0. The van der Waals surface area contributed by atoms with E-state index < -0.39 is 0 Å². The molecule has 0 aromatic heterocycles. The van der Waals surface area contributed by atoms with Crippen molar-refractivity contribution in [2.24, 2.45) is 5.92 Å². The fourth-order valence-electron chi connectivity index (χ4n) is 3.22. The average Bonchev–Trinajstić information content (AvgIpc) is 2.40. The zero-order chi connectivity index (χ0) is 14.5. The third-order valence-corrected chi connectivity index (χ3v) is 4.32. The maximum absolute atomic E-state index is 3.71. The van der Waals surface area contributed by atoms with Crippen molar-refractivity contribution in [3.05, 3.63) is 35.4 Å². The predicted octanol–water partition coefficient (Wildman–Crippen LogP) is 3.59. The van der Waals surface area contributed by atoms with Gasteiger partial charge < -0.3 is 5.32 Å². The van der Waals surface area contributed by atoms with Crippen LogP contribution in [0.3, 0.4) is 0 Å². The van der Waals surface area contributed by atoms with Gasteiger partial charge >= 0.3 is 0 Å². The molecular weight excluding hydrogens is 244 g/mol. The number of rotatable bonds is 5. The molecule has 0 radical (unpaired) electrons. The number of hydrogen-bond donors (Lipinski definition) is 1. The molecule has 1 aliphatic heterocycles. The number of hydrogen-bond acceptors (Lipinski definition) is 2. The molecule has 2 unspecified atom stereocenters. The summed E-state index contributed by atoms with van der Waals surface area (Å²) in [6, 6.07) is 10.3. The van der Waals surface area contributed by atoms with Crippen LogP contribution in [0, 0.1) is 12.8 Å². The highest BCUT2D eigenvalue weighted by Crippen LogP contribution is 2.19. The quantitative estimate of drug-likeness (QED) is 0.882. The van der Waals surface area contributed by atoms with Gasteiger partial charge in [-0.15, -0.1) is 0 Å². The Morgan fingerprint density at radius 1 is 1.35 bits per heavy atom. The number of nitrogens with one attached hydrogen (secondary N) is 1. The van der Waals surface area contributed by atoms with Gasteiger partial charge in [0.1, 0.15) is 0 Å². The summed E-state index contributed by atoms with van der Waals surface area (Å²) in [4.78, 5) is 2.69. The molecule has 2 rings (SSSR count). The van der Waals surface area contributed by atoms with Crippen LogP contribution in [0.25, 0.3) is 0 Å². The molecule has 2 nitrogen and oxygen atoms in total. The van der Waals surface area contributed by atoms with Crippen molar-refractivity contribution in [2.45, 2.75) is 59.2 Å².